The summed E-state index contributed by atoms with van der Waals surface area (Å²) in [6.45, 7) is 0. The predicted molar refractivity (Wildman–Crippen MR) is 57.1 cm³/mol. The fourth-order valence-corrected chi connectivity index (χ4v) is 1.58. The van der Waals surface area contributed by atoms with Gasteiger partial charge in [-0.2, -0.15) is 4.98 Å². The van der Waals surface area contributed by atoms with Gasteiger partial charge < -0.3 is 4.98 Å². The third-order valence-electron chi connectivity index (χ3n) is 2.25. The van der Waals surface area contributed by atoms with Gasteiger partial charge in [0.05, 0.1) is 0 Å². The maximum absolute atomic E-state index is 5.21. The maximum atomic E-state index is 5.21. The van der Waals surface area contributed by atoms with Crippen LogP contribution < -0.4 is 0 Å². The van der Waals surface area contributed by atoms with Crippen molar-refractivity contribution in [2.75, 3.05) is 0 Å². The molecule has 2 heterocycles. The zero-order valence-corrected chi connectivity index (χ0v) is 7.73. The number of fused-ring (bicyclic) bond motifs is 3. The number of hydrogen-bond donors (Lipinski definition) is 1. The lowest BCUT2D eigenvalue weighted by Crippen LogP contribution is -1.92. The van der Waals surface area contributed by atoms with Crippen molar-refractivity contribution >= 4 is 22.1 Å². The minimum Gasteiger partial charge on any atom is -0.338 e. The first-order valence-electron chi connectivity index (χ1n) is 4.46. The van der Waals surface area contributed by atoms with Crippen molar-refractivity contribution in [3.8, 4) is 12.3 Å². The van der Waals surface area contributed by atoms with E-state index in [9.17, 15) is 0 Å². The van der Waals surface area contributed by atoms with E-state index in [1.54, 1.807) is 0 Å². The molecule has 2 aromatic heterocycles. The molecule has 3 rings (SSSR count). The highest BCUT2D eigenvalue weighted by molar-refractivity contribution is 6.02. The van der Waals surface area contributed by atoms with Crippen LogP contribution in [0.15, 0.2) is 24.3 Å². The van der Waals surface area contributed by atoms with E-state index >= 15 is 0 Å². The SMILES string of the molecule is C#Cc1nnc2c(n1)[nH]c1ccccc12. The largest absolute Gasteiger partial charge is 0.338 e. The second-order valence-corrected chi connectivity index (χ2v) is 3.15. The molecule has 0 aliphatic carbocycles. The minimum absolute atomic E-state index is 0.300. The standard InChI is InChI=1S/C11H6N4/c1-2-9-13-11-10(15-14-9)7-5-3-4-6-8(7)12-11/h1,3-6H,(H,12,13,14). The van der Waals surface area contributed by atoms with Crippen LogP contribution in [0, 0.1) is 12.3 Å². The number of hydrogen-bond acceptors (Lipinski definition) is 3. The first-order valence-corrected chi connectivity index (χ1v) is 4.46. The molecular formula is C11H6N4. The molecule has 4 nitrogen and oxygen atoms in total. The lowest BCUT2D eigenvalue weighted by atomic mass is 10.2. The quantitative estimate of drug-likeness (QED) is 0.551. The van der Waals surface area contributed by atoms with Crippen LogP contribution in [0.3, 0.4) is 0 Å². The Morgan fingerprint density at radius 3 is 2.93 bits per heavy atom. The van der Waals surface area contributed by atoms with E-state index in [-0.39, 0.29) is 0 Å². The summed E-state index contributed by atoms with van der Waals surface area (Å²) in [6, 6.07) is 7.84. The molecule has 0 saturated carbocycles. The molecule has 0 aliphatic rings. The Morgan fingerprint density at radius 2 is 2.07 bits per heavy atom. The molecule has 1 aromatic carbocycles. The number of rotatable bonds is 0. The van der Waals surface area contributed by atoms with Crippen molar-refractivity contribution in [1.29, 1.82) is 0 Å². The van der Waals surface area contributed by atoms with Crippen LogP contribution in [-0.4, -0.2) is 20.2 Å². The molecular weight excluding hydrogens is 188 g/mol. The number of benzene rings is 1. The number of para-hydroxylation sites is 1. The molecule has 70 valence electrons. The lowest BCUT2D eigenvalue weighted by molar-refractivity contribution is 0.997. The summed E-state index contributed by atoms with van der Waals surface area (Å²) in [7, 11) is 0. The van der Waals surface area contributed by atoms with Gasteiger partial charge in [-0.25, -0.2) is 0 Å². The van der Waals surface area contributed by atoms with Gasteiger partial charge >= 0.3 is 0 Å². The van der Waals surface area contributed by atoms with Crippen molar-refractivity contribution in [2.24, 2.45) is 0 Å². The fourth-order valence-electron chi connectivity index (χ4n) is 1.58. The summed E-state index contributed by atoms with van der Waals surface area (Å²) in [5.41, 5.74) is 2.42. The normalized spacial score (nSPS) is 10.6. The van der Waals surface area contributed by atoms with Gasteiger partial charge in [0.1, 0.15) is 5.52 Å². The van der Waals surface area contributed by atoms with Crippen molar-refractivity contribution in [2.45, 2.75) is 0 Å². The third kappa shape index (κ3) is 1.07. The molecule has 0 radical (unpaired) electrons. The Morgan fingerprint density at radius 1 is 1.20 bits per heavy atom. The smallest absolute Gasteiger partial charge is 0.227 e. The molecule has 0 spiro atoms. The Bertz CT molecular complexity index is 690. The van der Waals surface area contributed by atoms with Crippen LogP contribution in [0.1, 0.15) is 5.82 Å². The van der Waals surface area contributed by atoms with E-state index in [1.807, 2.05) is 24.3 Å². The van der Waals surface area contributed by atoms with Crippen LogP contribution in [0.5, 0.6) is 0 Å². The summed E-state index contributed by atoms with van der Waals surface area (Å²) in [4.78, 5) is 7.31. The minimum atomic E-state index is 0.300. The Balaban J connectivity index is 2.50. The highest BCUT2D eigenvalue weighted by Gasteiger charge is 2.06. The molecule has 0 atom stereocenters. The fraction of sp³-hybridized carbons (Fsp3) is 0. The van der Waals surface area contributed by atoms with Crippen molar-refractivity contribution in [3.05, 3.63) is 30.1 Å². The van der Waals surface area contributed by atoms with Gasteiger partial charge in [0, 0.05) is 10.9 Å². The van der Waals surface area contributed by atoms with E-state index < -0.39 is 0 Å². The average Bonchev–Trinajstić information content (AvgIpc) is 2.66. The number of terminal acetylenes is 1. The zero-order chi connectivity index (χ0) is 10.3. The highest BCUT2D eigenvalue weighted by Crippen LogP contribution is 2.20. The number of aromatic nitrogens is 4. The lowest BCUT2D eigenvalue weighted by Gasteiger charge is -1.88. The Hall–Kier alpha value is -2.41. The molecule has 0 fully saturated rings. The number of aromatic amines is 1. The molecule has 1 N–H and O–H groups in total. The first kappa shape index (κ1) is 7.94. The van der Waals surface area contributed by atoms with Gasteiger partial charge in [0.15, 0.2) is 5.65 Å². The van der Waals surface area contributed by atoms with Crippen molar-refractivity contribution in [3.63, 3.8) is 0 Å². The highest BCUT2D eigenvalue weighted by atomic mass is 15.2. The van der Waals surface area contributed by atoms with Crippen LogP contribution in [-0.2, 0) is 0 Å². The molecule has 0 unspecified atom stereocenters. The summed E-state index contributed by atoms with van der Waals surface area (Å²) < 4.78 is 0. The zero-order valence-electron chi connectivity index (χ0n) is 7.73. The number of nitrogens with zero attached hydrogens (tertiary/aromatic N) is 3. The van der Waals surface area contributed by atoms with Gasteiger partial charge in [0.25, 0.3) is 0 Å². The summed E-state index contributed by atoms with van der Waals surface area (Å²) >= 11 is 0. The molecule has 0 amide bonds. The third-order valence-corrected chi connectivity index (χ3v) is 2.25. The maximum Gasteiger partial charge on any atom is 0.227 e. The van der Waals surface area contributed by atoms with Crippen LogP contribution in [0.2, 0.25) is 0 Å². The van der Waals surface area contributed by atoms with Gasteiger partial charge in [-0.15, -0.1) is 16.6 Å². The van der Waals surface area contributed by atoms with Gasteiger partial charge in [0.2, 0.25) is 5.82 Å². The average molecular weight is 194 g/mol. The Labute approximate surface area is 85.4 Å². The van der Waals surface area contributed by atoms with Crippen LogP contribution >= 0.6 is 0 Å². The van der Waals surface area contributed by atoms with E-state index in [2.05, 4.69) is 26.1 Å². The predicted octanol–water partition coefficient (Wildman–Crippen LogP) is 1.49. The monoisotopic (exact) mass is 194 g/mol. The molecule has 4 heteroatoms. The molecule has 15 heavy (non-hydrogen) atoms. The van der Waals surface area contributed by atoms with E-state index in [1.165, 1.54) is 0 Å². The van der Waals surface area contributed by atoms with E-state index in [0.717, 1.165) is 16.4 Å². The van der Waals surface area contributed by atoms with Gasteiger partial charge in [-0.3, -0.25) is 0 Å². The molecule has 0 saturated heterocycles. The summed E-state index contributed by atoms with van der Waals surface area (Å²) in [5.74, 6) is 2.66. The van der Waals surface area contributed by atoms with Crippen molar-refractivity contribution in [1.82, 2.24) is 20.2 Å². The summed E-state index contributed by atoms with van der Waals surface area (Å²) in [5, 5.41) is 8.89. The van der Waals surface area contributed by atoms with Crippen LogP contribution in [0.4, 0.5) is 0 Å². The van der Waals surface area contributed by atoms with Gasteiger partial charge in [-0.1, -0.05) is 18.2 Å². The molecule has 0 aliphatic heterocycles. The van der Waals surface area contributed by atoms with E-state index in [4.69, 9.17) is 6.42 Å². The van der Waals surface area contributed by atoms with Crippen molar-refractivity contribution < 1.29 is 0 Å². The van der Waals surface area contributed by atoms with E-state index in [0.29, 0.717) is 11.5 Å². The molecule has 3 aromatic rings. The number of H-pyrrole nitrogens is 1. The second-order valence-electron chi connectivity index (χ2n) is 3.15. The topological polar surface area (TPSA) is 54.5 Å². The second kappa shape index (κ2) is 2.79. The first-order chi connectivity index (χ1) is 7.38. The van der Waals surface area contributed by atoms with Crippen LogP contribution in [0.25, 0.3) is 22.1 Å². The molecule has 0 bridgehead atoms. The summed E-state index contributed by atoms with van der Waals surface area (Å²) in [6.07, 6.45) is 5.21. The van der Waals surface area contributed by atoms with Gasteiger partial charge in [-0.05, 0) is 12.0 Å². The number of nitrogens with one attached hydrogen (secondary N) is 1. The Kier molecular flexibility index (Phi) is 1.48.